The first-order valence-corrected chi connectivity index (χ1v) is 12.7. The lowest BCUT2D eigenvalue weighted by atomic mass is 10.1. The highest BCUT2D eigenvalue weighted by atomic mass is 32.2. The van der Waals surface area contributed by atoms with E-state index in [1.807, 2.05) is 72.8 Å². The molecule has 0 aliphatic carbocycles. The number of halogens is 2. The second-order valence-electron chi connectivity index (χ2n) is 8.41. The lowest BCUT2D eigenvalue weighted by Crippen LogP contribution is -2.12. The summed E-state index contributed by atoms with van der Waals surface area (Å²) >= 11 is 0. The average Bonchev–Trinajstić information content (AvgIpc) is 2.92. The zero-order valence-electron chi connectivity index (χ0n) is 19.1. The van der Waals surface area contributed by atoms with Crippen LogP contribution in [-0.2, 0) is 10.9 Å². The topological polar surface area (TPSA) is 22.0 Å². The Morgan fingerprint density at radius 1 is 0.528 bits per heavy atom. The standard InChI is InChI=1S/C31H20F2NOS/c32-21-10-14-24(15-11-21)36(25-16-12-22(33)13-17-25)26-18-19-30-28(20-26)31(35)27-8-4-5-9-29(27)34(30)23-6-2-1-3-7-23/h1-20H/q+1. The molecule has 174 valence electrons. The summed E-state index contributed by atoms with van der Waals surface area (Å²) in [5.74, 6) is -0.644. The van der Waals surface area contributed by atoms with Gasteiger partial charge in [-0.05, 0) is 84.9 Å². The summed E-state index contributed by atoms with van der Waals surface area (Å²) in [7, 11) is -0.662. The highest BCUT2D eigenvalue weighted by molar-refractivity contribution is 7.97. The Balaban J connectivity index is 1.65. The molecule has 1 aromatic heterocycles. The number of nitrogens with zero attached hydrogens (tertiary/aromatic N) is 1. The predicted molar refractivity (Wildman–Crippen MR) is 142 cm³/mol. The van der Waals surface area contributed by atoms with Crippen molar-refractivity contribution >= 4 is 32.7 Å². The van der Waals surface area contributed by atoms with Crippen LogP contribution in [0.4, 0.5) is 8.78 Å². The molecule has 36 heavy (non-hydrogen) atoms. The van der Waals surface area contributed by atoms with E-state index in [9.17, 15) is 13.6 Å². The van der Waals surface area contributed by atoms with Gasteiger partial charge in [0.1, 0.15) is 11.6 Å². The summed E-state index contributed by atoms with van der Waals surface area (Å²) < 4.78 is 29.6. The first-order chi connectivity index (χ1) is 17.6. The Kier molecular flexibility index (Phi) is 5.62. The van der Waals surface area contributed by atoms with Gasteiger partial charge in [-0.15, -0.1) is 0 Å². The maximum absolute atomic E-state index is 13.7. The molecular formula is C31H20F2NOS+. The van der Waals surface area contributed by atoms with Crippen LogP contribution in [0, 0.1) is 11.6 Å². The van der Waals surface area contributed by atoms with Crippen LogP contribution in [0.15, 0.2) is 141 Å². The normalized spacial score (nSPS) is 11.4. The Morgan fingerprint density at radius 3 is 1.69 bits per heavy atom. The van der Waals surface area contributed by atoms with Crippen LogP contribution >= 0.6 is 0 Å². The summed E-state index contributed by atoms with van der Waals surface area (Å²) in [6.07, 6.45) is 0. The molecule has 0 N–H and O–H groups in total. The molecule has 0 bridgehead atoms. The molecule has 0 unspecified atom stereocenters. The molecule has 0 aliphatic rings. The summed E-state index contributed by atoms with van der Waals surface area (Å²) in [4.78, 5) is 16.4. The molecule has 1 heterocycles. The average molecular weight is 493 g/mol. The Labute approximate surface area is 209 Å². The van der Waals surface area contributed by atoms with Gasteiger partial charge >= 0.3 is 0 Å². The number of fused-ring (bicyclic) bond motifs is 2. The van der Waals surface area contributed by atoms with Crippen LogP contribution in [0.5, 0.6) is 0 Å². The second-order valence-corrected chi connectivity index (χ2v) is 10.4. The van der Waals surface area contributed by atoms with Crippen molar-refractivity contribution in [2.45, 2.75) is 14.7 Å². The zero-order chi connectivity index (χ0) is 24.6. The quantitative estimate of drug-likeness (QED) is 0.184. The van der Waals surface area contributed by atoms with Crippen LogP contribution in [0.25, 0.3) is 27.5 Å². The minimum absolute atomic E-state index is 0.0450. The molecule has 0 fully saturated rings. The van der Waals surface area contributed by atoms with Crippen molar-refractivity contribution < 1.29 is 8.78 Å². The van der Waals surface area contributed by atoms with E-state index in [4.69, 9.17) is 0 Å². The molecule has 0 amide bonds. The highest BCUT2D eigenvalue weighted by Crippen LogP contribution is 2.34. The smallest absolute Gasteiger partial charge is 0.197 e. The molecule has 0 saturated heterocycles. The molecule has 5 aromatic carbocycles. The van der Waals surface area contributed by atoms with Gasteiger partial charge in [0.15, 0.2) is 20.1 Å². The van der Waals surface area contributed by atoms with Gasteiger partial charge in [-0.1, -0.05) is 30.3 Å². The molecule has 5 heteroatoms. The second kappa shape index (κ2) is 9.10. The molecule has 0 aliphatic heterocycles. The van der Waals surface area contributed by atoms with Gasteiger partial charge in [0.05, 0.1) is 27.3 Å². The number of hydrogen-bond donors (Lipinski definition) is 0. The Hall–Kier alpha value is -4.22. The van der Waals surface area contributed by atoms with Crippen molar-refractivity contribution in [1.29, 1.82) is 0 Å². The van der Waals surface area contributed by atoms with Gasteiger partial charge in [0.25, 0.3) is 0 Å². The van der Waals surface area contributed by atoms with E-state index in [2.05, 4.69) is 4.57 Å². The number of aromatic nitrogens is 1. The van der Waals surface area contributed by atoms with Crippen LogP contribution < -0.4 is 5.43 Å². The number of benzene rings is 5. The maximum Gasteiger partial charge on any atom is 0.197 e. The van der Waals surface area contributed by atoms with Crippen molar-refractivity contribution in [3.8, 4) is 5.69 Å². The number of pyridine rings is 1. The van der Waals surface area contributed by atoms with Gasteiger partial charge in [0.2, 0.25) is 0 Å². The van der Waals surface area contributed by atoms with E-state index < -0.39 is 10.9 Å². The molecule has 6 rings (SSSR count). The van der Waals surface area contributed by atoms with Crippen molar-refractivity contribution in [2.75, 3.05) is 0 Å². The lowest BCUT2D eigenvalue weighted by Gasteiger charge is -2.16. The van der Waals surface area contributed by atoms with E-state index in [1.165, 1.54) is 24.3 Å². The summed E-state index contributed by atoms with van der Waals surface area (Å²) in [6.45, 7) is 0. The monoisotopic (exact) mass is 492 g/mol. The minimum Gasteiger partial charge on any atom is -0.309 e. The maximum atomic E-state index is 13.7. The Bertz CT molecular complexity index is 1720. The molecular weight excluding hydrogens is 472 g/mol. The van der Waals surface area contributed by atoms with Gasteiger partial charge in [0, 0.05) is 17.1 Å². The van der Waals surface area contributed by atoms with Gasteiger partial charge in [-0.2, -0.15) is 0 Å². The third-order valence-electron chi connectivity index (χ3n) is 6.19. The van der Waals surface area contributed by atoms with E-state index in [0.717, 1.165) is 31.4 Å². The van der Waals surface area contributed by atoms with Crippen LogP contribution in [0.2, 0.25) is 0 Å². The number of hydrogen-bond acceptors (Lipinski definition) is 1. The van der Waals surface area contributed by atoms with E-state index in [1.54, 1.807) is 24.3 Å². The van der Waals surface area contributed by atoms with Crippen molar-refractivity contribution in [3.63, 3.8) is 0 Å². The van der Waals surface area contributed by atoms with E-state index in [-0.39, 0.29) is 17.1 Å². The molecule has 0 saturated carbocycles. The predicted octanol–water partition coefficient (Wildman–Crippen LogP) is 7.52. The minimum atomic E-state index is -0.662. The van der Waals surface area contributed by atoms with Crippen molar-refractivity contribution in [3.05, 3.63) is 143 Å². The van der Waals surface area contributed by atoms with Gasteiger partial charge in [-0.3, -0.25) is 4.79 Å². The fourth-order valence-corrected chi connectivity index (χ4v) is 6.63. The van der Waals surface area contributed by atoms with Crippen molar-refractivity contribution in [1.82, 2.24) is 4.57 Å². The largest absolute Gasteiger partial charge is 0.309 e. The molecule has 2 nitrogen and oxygen atoms in total. The summed E-state index contributed by atoms with van der Waals surface area (Å²) in [5.41, 5.74) is 2.55. The Morgan fingerprint density at radius 2 is 1.06 bits per heavy atom. The lowest BCUT2D eigenvalue weighted by molar-refractivity contribution is 0.626. The van der Waals surface area contributed by atoms with Gasteiger partial charge < -0.3 is 4.57 Å². The van der Waals surface area contributed by atoms with Crippen LogP contribution in [0.3, 0.4) is 0 Å². The van der Waals surface area contributed by atoms with Crippen LogP contribution in [-0.4, -0.2) is 4.57 Å². The molecule has 0 atom stereocenters. The first kappa shape index (κ1) is 22.3. The number of rotatable bonds is 4. The fourth-order valence-electron chi connectivity index (χ4n) is 4.56. The van der Waals surface area contributed by atoms with E-state index >= 15 is 0 Å². The zero-order valence-corrected chi connectivity index (χ0v) is 19.9. The first-order valence-electron chi connectivity index (χ1n) is 11.5. The summed E-state index contributed by atoms with van der Waals surface area (Å²) in [6, 6.07) is 36.2. The molecule has 6 aromatic rings. The molecule has 0 radical (unpaired) electrons. The van der Waals surface area contributed by atoms with E-state index in [0.29, 0.717) is 10.8 Å². The molecule has 0 spiro atoms. The number of para-hydroxylation sites is 2. The van der Waals surface area contributed by atoms with Crippen molar-refractivity contribution in [2.24, 2.45) is 0 Å². The third kappa shape index (κ3) is 3.88. The fraction of sp³-hybridized carbons (Fsp3) is 0. The third-order valence-corrected chi connectivity index (χ3v) is 8.40. The van der Waals surface area contributed by atoms with Gasteiger partial charge in [-0.25, -0.2) is 8.78 Å². The summed E-state index contributed by atoms with van der Waals surface area (Å²) in [5, 5.41) is 1.23. The SMILES string of the molecule is O=c1c2ccccc2n(-c2ccccc2)c2ccc([S+](c3ccc(F)cc3)c3ccc(F)cc3)cc12. The highest BCUT2D eigenvalue weighted by Gasteiger charge is 2.30. The van der Waals surface area contributed by atoms with Crippen LogP contribution in [0.1, 0.15) is 0 Å².